The lowest BCUT2D eigenvalue weighted by atomic mass is 10.0. The molecule has 1 fully saturated rings. The van der Waals surface area contributed by atoms with Crippen molar-refractivity contribution in [2.75, 3.05) is 26.2 Å². The van der Waals surface area contributed by atoms with Gasteiger partial charge in [0.15, 0.2) is 0 Å². The Labute approximate surface area is 197 Å². The molecule has 1 aromatic heterocycles. The van der Waals surface area contributed by atoms with Gasteiger partial charge >= 0.3 is 0 Å². The van der Waals surface area contributed by atoms with Gasteiger partial charge in [-0.15, -0.1) is 0 Å². The molecule has 1 amide bonds. The maximum absolute atomic E-state index is 13.2. The number of hydrogen-bond donors (Lipinski definition) is 2. The number of nitrogens with two attached hydrogens (primary N) is 1. The molecule has 1 saturated heterocycles. The summed E-state index contributed by atoms with van der Waals surface area (Å²) in [5, 5.41) is 3.34. The monoisotopic (exact) mass is 450 g/mol. The fraction of sp³-hybridized carbons (Fsp3) is 0.333. The standard InChI is InChI=1S/C27H35FN4O/c1-5-22(10-7-20(3)8-12-24(28)6-2)11-9-21(4)25-17-23(18-26(31-25)27(29)33)19-32-15-13-30-14-16-32/h5-6,8-9,11-12,17-18,30H,1,3,7,10,13-16,19H2,2,4H3,(H2,29,33). The van der Waals surface area contributed by atoms with Crippen LogP contribution in [0.2, 0.25) is 0 Å². The topological polar surface area (TPSA) is 71.2 Å². The Hall–Kier alpha value is -3.09. The van der Waals surface area contributed by atoms with E-state index in [0.29, 0.717) is 6.42 Å². The van der Waals surface area contributed by atoms with Crippen molar-refractivity contribution in [1.82, 2.24) is 15.2 Å². The highest BCUT2D eigenvalue weighted by molar-refractivity contribution is 5.91. The molecule has 0 saturated carbocycles. The Bertz CT molecular complexity index is 982. The summed E-state index contributed by atoms with van der Waals surface area (Å²) in [6.45, 7) is 16.1. The van der Waals surface area contributed by atoms with Crippen molar-refractivity contribution in [2.45, 2.75) is 33.2 Å². The van der Waals surface area contributed by atoms with E-state index in [0.717, 1.165) is 67.1 Å². The number of allylic oxidation sites excluding steroid dienone is 10. The Morgan fingerprint density at radius 1 is 1.21 bits per heavy atom. The molecule has 0 aromatic carbocycles. The number of carbonyl (C=O) groups is 1. The summed E-state index contributed by atoms with van der Waals surface area (Å²) in [7, 11) is 0. The van der Waals surface area contributed by atoms with E-state index in [4.69, 9.17) is 5.73 Å². The van der Waals surface area contributed by atoms with Gasteiger partial charge in [-0.05, 0) is 61.6 Å². The van der Waals surface area contributed by atoms with Crippen LogP contribution in [0.15, 0.2) is 78.7 Å². The van der Waals surface area contributed by atoms with E-state index in [9.17, 15) is 9.18 Å². The third-order valence-electron chi connectivity index (χ3n) is 5.46. The molecule has 0 spiro atoms. The number of carbonyl (C=O) groups excluding carboxylic acids is 1. The number of nitrogens with zero attached hydrogens (tertiary/aromatic N) is 2. The van der Waals surface area contributed by atoms with Crippen LogP contribution < -0.4 is 11.1 Å². The van der Waals surface area contributed by atoms with Gasteiger partial charge in [0.1, 0.15) is 11.5 Å². The molecule has 2 heterocycles. The van der Waals surface area contributed by atoms with E-state index in [1.165, 1.54) is 12.2 Å². The van der Waals surface area contributed by atoms with Crippen LogP contribution in [-0.4, -0.2) is 42.0 Å². The Kier molecular flexibility index (Phi) is 10.7. The van der Waals surface area contributed by atoms with Gasteiger partial charge in [0.05, 0.1) is 5.69 Å². The molecular weight excluding hydrogens is 415 g/mol. The number of rotatable bonds is 11. The second-order valence-corrected chi connectivity index (χ2v) is 8.10. The molecular formula is C27H35FN4O. The van der Waals surface area contributed by atoms with Crippen molar-refractivity contribution in [2.24, 2.45) is 5.73 Å². The molecule has 1 aromatic rings. The highest BCUT2D eigenvalue weighted by Gasteiger charge is 2.13. The molecule has 6 heteroatoms. The fourth-order valence-electron chi connectivity index (χ4n) is 3.39. The van der Waals surface area contributed by atoms with Gasteiger partial charge in [0, 0.05) is 32.7 Å². The number of hydrogen-bond acceptors (Lipinski definition) is 4. The summed E-state index contributed by atoms with van der Waals surface area (Å²) < 4.78 is 13.2. The molecule has 0 atom stereocenters. The highest BCUT2D eigenvalue weighted by Crippen LogP contribution is 2.19. The summed E-state index contributed by atoms with van der Waals surface area (Å²) >= 11 is 0. The summed E-state index contributed by atoms with van der Waals surface area (Å²) in [5.41, 5.74) is 10.4. The van der Waals surface area contributed by atoms with Crippen molar-refractivity contribution >= 4 is 11.5 Å². The van der Waals surface area contributed by atoms with Crippen LogP contribution >= 0.6 is 0 Å². The van der Waals surface area contributed by atoms with Gasteiger partial charge in [-0.2, -0.15) is 0 Å². The summed E-state index contributed by atoms with van der Waals surface area (Å²) in [5.74, 6) is -0.814. The first-order valence-corrected chi connectivity index (χ1v) is 11.2. The second kappa shape index (κ2) is 13.5. The van der Waals surface area contributed by atoms with E-state index in [1.54, 1.807) is 25.1 Å². The van der Waals surface area contributed by atoms with Crippen LogP contribution in [0.3, 0.4) is 0 Å². The highest BCUT2D eigenvalue weighted by atomic mass is 19.1. The van der Waals surface area contributed by atoms with E-state index < -0.39 is 5.91 Å². The van der Waals surface area contributed by atoms with E-state index >= 15 is 0 Å². The molecule has 0 radical (unpaired) electrons. The van der Waals surface area contributed by atoms with Crippen LogP contribution in [0.4, 0.5) is 4.39 Å². The van der Waals surface area contributed by atoms with Gasteiger partial charge in [0.25, 0.3) is 5.91 Å². The third-order valence-corrected chi connectivity index (χ3v) is 5.46. The zero-order valence-corrected chi connectivity index (χ0v) is 19.7. The van der Waals surface area contributed by atoms with Crippen molar-refractivity contribution in [3.63, 3.8) is 0 Å². The van der Waals surface area contributed by atoms with Gasteiger partial charge in [-0.25, -0.2) is 9.37 Å². The van der Waals surface area contributed by atoms with Crippen LogP contribution in [0.25, 0.3) is 5.57 Å². The third kappa shape index (κ3) is 9.12. The SMILES string of the molecule is C=CC(=CC=C(C)c1cc(CN2CCNCC2)cc(C(N)=O)n1)CCC(=C)C=CC(F)=CC. The van der Waals surface area contributed by atoms with E-state index in [-0.39, 0.29) is 11.5 Å². The first kappa shape index (κ1) is 26.2. The Balaban J connectivity index is 2.14. The maximum atomic E-state index is 13.2. The number of aromatic nitrogens is 1. The molecule has 2 rings (SSSR count). The molecule has 1 aliphatic heterocycles. The van der Waals surface area contributed by atoms with E-state index in [1.807, 2.05) is 25.1 Å². The zero-order chi connectivity index (χ0) is 24.2. The van der Waals surface area contributed by atoms with Gasteiger partial charge < -0.3 is 11.1 Å². The van der Waals surface area contributed by atoms with Crippen LogP contribution in [0.1, 0.15) is 48.4 Å². The predicted molar refractivity (Wildman–Crippen MR) is 135 cm³/mol. The molecule has 176 valence electrons. The van der Waals surface area contributed by atoms with Gasteiger partial charge in [0.2, 0.25) is 0 Å². The van der Waals surface area contributed by atoms with Crippen molar-refractivity contribution in [3.05, 3.63) is 95.7 Å². The second-order valence-electron chi connectivity index (χ2n) is 8.10. The molecule has 0 bridgehead atoms. The predicted octanol–water partition coefficient (Wildman–Crippen LogP) is 4.87. The number of piperazine rings is 1. The van der Waals surface area contributed by atoms with Crippen LogP contribution in [-0.2, 0) is 6.54 Å². The number of pyridine rings is 1. The number of halogens is 1. The lowest BCUT2D eigenvalue weighted by Crippen LogP contribution is -2.42. The minimum Gasteiger partial charge on any atom is -0.364 e. The molecule has 3 N–H and O–H groups in total. The molecule has 0 unspecified atom stereocenters. The summed E-state index contributed by atoms with van der Waals surface area (Å²) in [6.07, 6.45) is 11.7. The molecule has 0 aliphatic carbocycles. The fourth-order valence-corrected chi connectivity index (χ4v) is 3.39. The molecule has 5 nitrogen and oxygen atoms in total. The quantitative estimate of drug-likeness (QED) is 0.472. The Morgan fingerprint density at radius 2 is 1.91 bits per heavy atom. The average Bonchev–Trinajstić information content (AvgIpc) is 2.82. The van der Waals surface area contributed by atoms with Crippen LogP contribution in [0, 0.1) is 0 Å². The van der Waals surface area contributed by atoms with Crippen molar-refractivity contribution in [1.29, 1.82) is 0 Å². The largest absolute Gasteiger partial charge is 0.364 e. The number of nitrogens with one attached hydrogen (secondary N) is 1. The normalized spacial score (nSPS) is 16.3. The zero-order valence-electron chi connectivity index (χ0n) is 19.7. The maximum Gasteiger partial charge on any atom is 0.267 e. The minimum atomic E-state index is -0.533. The first-order chi connectivity index (χ1) is 15.8. The minimum absolute atomic E-state index is 0.273. The Morgan fingerprint density at radius 3 is 2.55 bits per heavy atom. The summed E-state index contributed by atoms with van der Waals surface area (Å²) in [6, 6.07) is 3.80. The summed E-state index contributed by atoms with van der Waals surface area (Å²) in [4.78, 5) is 18.7. The first-order valence-electron chi connectivity index (χ1n) is 11.2. The molecule has 33 heavy (non-hydrogen) atoms. The lowest BCUT2D eigenvalue weighted by Gasteiger charge is -2.27. The van der Waals surface area contributed by atoms with Gasteiger partial charge in [-0.1, -0.05) is 49.1 Å². The van der Waals surface area contributed by atoms with Crippen molar-refractivity contribution in [3.8, 4) is 0 Å². The molecule has 1 aliphatic rings. The smallest absolute Gasteiger partial charge is 0.267 e. The average molecular weight is 451 g/mol. The number of amides is 1. The van der Waals surface area contributed by atoms with E-state index in [2.05, 4.69) is 28.4 Å². The van der Waals surface area contributed by atoms with Crippen LogP contribution in [0.5, 0.6) is 0 Å². The van der Waals surface area contributed by atoms with Crippen molar-refractivity contribution < 1.29 is 9.18 Å². The lowest BCUT2D eigenvalue weighted by molar-refractivity contribution is 0.0995. The number of primary amides is 1. The van der Waals surface area contributed by atoms with Gasteiger partial charge in [-0.3, -0.25) is 9.69 Å².